The summed E-state index contributed by atoms with van der Waals surface area (Å²) in [5.74, 6) is 0. The van der Waals surface area contributed by atoms with Gasteiger partial charge in [-0.15, -0.1) is 0 Å². The van der Waals surface area contributed by atoms with Crippen molar-refractivity contribution in [1.82, 2.24) is 5.32 Å². The molecule has 0 atom stereocenters. The van der Waals surface area contributed by atoms with E-state index in [0.717, 1.165) is 19.8 Å². The summed E-state index contributed by atoms with van der Waals surface area (Å²) >= 11 is 0. The molecule has 0 aliphatic rings. The molecule has 0 unspecified atom stereocenters. The lowest BCUT2D eigenvalue weighted by atomic mass is 10.1. The fourth-order valence-corrected chi connectivity index (χ4v) is 1.61. The molecule has 0 fully saturated rings. The van der Waals surface area contributed by atoms with E-state index in [0.29, 0.717) is 0 Å². The Morgan fingerprint density at radius 2 is 1.40 bits per heavy atom. The SMILES string of the molecule is CCCCCCCCCCOCCNC. The highest BCUT2D eigenvalue weighted by Gasteiger charge is 1.91. The van der Waals surface area contributed by atoms with E-state index in [1.807, 2.05) is 7.05 Å². The van der Waals surface area contributed by atoms with Crippen LogP contribution in [0, 0.1) is 0 Å². The highest BCUT2D eigenvalue weighted by Crippen LogP contribution is 2.08. The van der Waals surface area contributed by atoms with Crippen molar-refractivity contribution in [1.29, 1.82) is 0 Å². The molecule has 0 aliphatic carbocycles. The Bertz CT molecular complexity index is 94.7. The summed E-state index contributed by atoms with van der Waals surface area (Å²) in [5.41, 5.74) is 0. The van der Waals surface area contributed by atoms with Gasteiger partial charge in [-0.3, -0.25) is 0 Å². The minimum Gasteiger partial charge on any atom is -0.380 e. The molecule has 0 rings (SSSR count). The number of rotatable bonds is 12. The number of hydrogen-bond donors (Lipinski definition) is 1. The minimum atomic E-state index is 0.854. The summed E-state index contributed by atoms with van der Waals surface area (Å²) in [4.78, 5) is 0. The zero-order valence-electron chi connectivity index (χ0n) is 10.7. The number of likely N-dealkylation sites (N-methyl/N-ethyl adjacent to an activating group) is 1. The van der Waals surface area contributed by atoms with Crippen LogP contribution in [0.15, 0.2) is 0 Å². The monoisotopic (exact) mass is 215 g/mol. The topological polar surface area (TPSA) is 21.3 Å². The van der Waals surface area contributed by atoms with Gasteiger partial charge in [0.15, 0.2) is 0 Å². The van der Waals surface area contributed by atoms with Crippen molar-refractivity contribution in [2.75, 3.05) is 26.8 Å². The van der Waals surface area contributed by atoms with Gasteiger partial charge in [0.1, 0.15) is 0 Å². The molecule has 0 aromatic rings. The van der Waals surface area contributed by atoms with Gasteiger partial charge >= 0.3 is 0 Å². The van der Waals surface area contributed by atoms with Crippen LogP contribution in [0.3, 0.4) is 0 Å². The van der Waals surface area contributed by atoms with Crippen LogP contribution in [-0.2, 0) is 4.74 Å². The van der Waals surface area contributed by atoms with Gasteiger partial charge in [-0.1, -0.05) is 51.9 Å². The van der Waals surface area contributed by atoms with Crippen molar-refractivity contribution >= 4 is 0 Å². The van der Waals surface area contributed by atoms with E-state index in [9.17, 15) is 0 Å². The molecule has 0 aromatic heterocycles. The van der Waals surface area contributed by atoms with Crippen molar-refractivity contribution in [3.63, 3.8) is 0 Å². The zero-order valence-corrected chi connectivity index (χ0v) is 10.7. The smallest absolute Gasteiger partial charge is 0.0590 e. The first-order valence-electron chi connectivity index (χ1n) is 6.64. The van der Waals surface area contributed by atoms with Crippen LogP contribution in [0.1, 0.15) is 58.3 Å². The first-order chi connectivity index (χ1) is 7.41. The van der Waals surface area contributed by atoms with Gasteiger partial charge < -0.3 is 10.1 Å². The average molecular weight is 215 g/mol. The molecule has 2 nitrogen and oxygen atoms in total. The largest absolute Gasteiger partial charge is 0.380 e. The Hall–Kier alpha value is -0.0800. The van der Waals surface area contributed by atoms with Crippen LogP contribution < -0.4 is 5.32 Å². The van der Waals surface area contributed by atoms with Crippen molar-refractivity contribution < 1.29 is 4.74 Å². The third kappa shape index (κ3) is 13.9. The van der Waals surface area contributed by atoms with Gasteiger partial charge in [-0.25, -0.2) is 0 Å². The van der Waals surface area contributed by atoms with Crippen molar-refractivity contribution in [2.45, 2.75) is 58.3 Å². The maximum Gasteiger partial charge on any atom is 0.0590 e. The van der Waals surface area contributed by atoms with Crippen LogP contribution in [0.2, 0.25) is 0 Å². The molecule has 0 aromatic carbocycles. The predicted molar refractivity (Wildman–Crippen MR) is 67.4 cm³/mol. The van der Waals surface area contributed by atoms with Gasteiger partial charge in [0.2, 0.25) is 0 Å². The fourth-order valence-electron chi connectivity index (χ4n) is 1.61. The van der Waals surface area contributed by atoms with Crippen LogP contribution in [-0.4, -0.2) is 26.8 Å². The maximum absolute atomic E-state index is 5.46. The van der Waals surface area contributed by atoms with Crippen molar-refractivity contribution in [2.24, 2.45) is 0 Å². The highest BCUT2D eigenvalue weighted by atomic mass is 16.5. The van der Waals surface area contributed by atoms with Gasteiger partial charge in [-0.2, -0.15) is 0 Å². The van der Waals surface area contributed by atoms with E-state index in [4.69, 9.17) is 4.74 Å². The first-order valence-corrected chi connectivity index (χ1v) is 6.64. The van der Waals surface area contributed by atoms with E-state index in [1.54, 1.807) is 0 Å². The van der Waals surface area contributed by atoms with Crippen LogP contribution in [0.25, 0.3) is 0 Å². The third-order valence-corrected chi connectivity index (χ3v) is 2.64. The van der Waals surface area contributed by atoms with Gasteiger partial charge in [-0.05, 0) is 13.5 Å². The lowest BCUT2D eigenvalue weighted by Crippen LogP contribution is -2.14. The summed E-state index contributed by atoms with van der Waals surface area (Å²) < 4.78 is 5.46. The lowest BCUT2D eigenvalue weighted by Gasteiger charge is -2.03. The Morgan fingerprint density at radius 3 is 2.00 bits per heavy atom. The first kappa shape index (κ1) is 14.9. The maximum atomic E-state index is 5.46. The molecule has 15 heavy (non-hydrogen) atoms. The Labute approximate surface area is 95.8 Å². The summed E-state index contributed by atoms with van der Waals surface area (Å²) in [6, 6.07) is 0. The Kier molecular flexibility index (Phi) is 13.8. The van der Waals surface area contributed by atoms with Crippen LogP contribution in [0.4, 0.5) is 0 Å². The van der Waals surface area contributed by atoms with Crippen LogP contribution in [0.5, 0.6) is 0 Å². The molecule has 0 aliphatic heterocycles. The van der Waals surface area contributed by atoms with E-state index in [1.165, 1.54) is 51.4 Å². The van der Waals surface area contributed by atoms with E-state index < -0.39 is 0 Å². The molecule has 92 valence electrons. The number of ether oxygens (including phenoxy) is 1. The summed E-state index contributed by atoms with van der Waals surface area (Å²) in [5, 5.41) is 3.07. The second kappa shape index (κ2) is 13.9. The standard InChI is InChI=1S/C13H29NO/c1-3-4-5-6-7-8-9-10-12-15-13-11-14-2/h14H,3-13H2,1-2H3. The van der Waals surface area contributed by atoms with Crippen molar-refractivity contribution in [3.8, 4) is 0 Å². The molecular weight excluding hydrogens is 186 g/mol. The van der Waals surface area contributed by atoms with Gasteiger partial charge in [0, 0.05) is 13.2 Å². The molecule has 0 saturated carbocycles. The van der Waals surface area contributed by atoms with Crippen LogP contribution >= 0.6 is 0 Å². The second-order valence-electron chi connectivity index (χ2n) is 4.19. The van der Waals surface area contributed by atoms with Crippen molar-refractivity contribution in [3.05, 3.63) is 0 Å². The quantitative estimate of drug-likeness (QED) is 0.504. The lowest BCUT2D eigenvalue weighted by molar-refractivity contribution is 0.133. The highest BCUT2D eigenvalue weighted by molar-refractivity contribution is 4.46. The van der Waals surface area contributed by atoms with Gasteiger partial charge in [0.25, 0.3) is 0 Å². The van der Waals surface area contributed by atoms with Gasteiger partial charge in [0.05, 0.1) is 6.61 Å². The Morgan fingerprint density at radius 1 is 0.800 bits per heavy atom. The molecule has 2 heteroatoms. The molecule has 1 N–H and O–H groups in total. The normalized spacial score (nSPS) is 10.8. The zero-order chi connectivity index (χ0) is 11.2. The summed E-state index contributed by atoms with van der Waals surface area (Å²) in [7, 11) is 1.96. The molecule has 0 heterocycles. The molecular formula is C13H29NO. The number of unbranched alkanes of at least 4 members (excludes halogenated alkanes) is 7. The van der Waals surface area contributed by atoms with E-state index >= 15 is 0 Å². The minimum absolute atomic E-state index is 0.854. The predicted octanol–water partition coefficient (Wildman–Crippen LogP) is 3.36. The summed E-state index contributed by atoms with van der Waals surface area (Å²) in [6.07, 6.45) is 11.0. The number of nitrogens with one attached hydrogen (secondary N) is 1. The Balaban J connectivity index is 2.81. The molecule has 0 bridgehead atoms. The molecule has 0 amide bonds. The second-order valence-corrected chi connectivity index (χ2v) is 4.19. The number of hydrogen-bond acceptors (Lipinski definition) is 2. The fraction of sp³-hybridized carbons (Fsp3) is 1.00. The summed E-state index contributed by atoms with van der Waals surface area (Å²) in [6.45, 7) is 5.03. The molecule has 0 saturated heterocycles. The molecule has 0 radical (unpaired) electrons. The van der Waals surface area contributed by atoms with E-state index in [-0.39, 0.29) is 0 Å². The molecule has 0 spiro atoms. The average Bonchev–Trinajstić information content (AvgIpc) is 2.26. The third-order valence-electron chi connectivity index (χ3n) is 2.64. The van der Waals surface area contributed by atoms with E-state index in [2.05, 4.69) is 12.2 Å².